The summed E-state index contributed by atoms with van der Waals surface area (Å²) in [6.45, 7) is 7.43. The van der Waals surface area contributed by atoms with Gasteiger partial charge in [-0.05, 0) is 0 Å². The number of nitrogens with two attached hydrogens (primary N) is 1. The first-order valence-corrected chi connectivity index (χ1v) is 11.1. The van der Waals surface area contributed by atoms with Crippen LogP contribution in [0.1, 0.15) is 45.2 Å². The number of hydrogen-bond donors (Lipinski definition) is 1. The van der Waals surface area contributed by atoms with Gasteiger partial charge in [0.1, 0.15) is 0 Å². The Kier molecular flexibility index (Phi) is 10.5. The summed E-state index contributed by atoms with van der Waals surface area (Å²) in [6, 6.07) is 8.68. The summed E-state index contributed by atoms with van der Waals surface area (Å²) in [6.07, 6.45) is 2.37. The van der Waals surface area contributed by atoms with E-state index in [2.05, 4.69) is 45.0 Å². The van der Waals surface area contributed by atoms with Gasteiger partial charge in [0.05, 0.1) is 0 Å². The Morgan fingerprint density at radius 2 is 1.94 bits per heavy atom. The minimum atomic E-state index is -1.89. The van der Waals surface area contributed by atoms with Crippen molar-refractivity contribution in [2.45, 2.75) is 44.1 Å². The van der Waals surface area contributed by atoms with E-state index in [0.717, 1.165) is 6.61 Å². The van der Waals surface area contributed by atoms with E-state index in [1.807, 2.05) is 0 Å². The Hall–Kier alpha value is 0.419. The number of benzene rings is 1. The first-order chi connectivity index (χ1) is 8.20. The molecular formula is C14H25BrNOSn. The molecule has 0 saturated heterocycles. The van der Waals surface area contributed by atoms with Gasteiger partial charge in [-0.2, -0.15) is 0 Å². The average Bonchev–Trinajstić information content (AvgIpc) is 2.35. The van der Waals surface area contributed by atoms with E-state index in [9.17, 15) is 0 Å². The third-order valence-electron chi connectivity index (χ3n) is 2.85. The molecule has 0 amide bonds. The van der Waals surface area contributed by atoms with Gasteiger partial charge >= 0.3 is 113 Å². The summed E-state index contributed by atoms with van der Waals surface area (Å²) in [5, 5.41) is 0. The van der Waals surface area contributed by atoms with Gasteiger partial charge in [0.15, 0.2) is 0 Å². The molecule has 1 unspecified atom stereocenters. The van der Waals surface area contributed by atoms with Crippen LogP contribution in [-0.2, 0) is 3.07 Å². The molecular weight excluding hydrogens is 397 g/mol. The predicted molar refractivity (Wildman–Crippen MR) is 86.1 cm³/mol. The number of hydrogen-bond acceptors (Lipinski definition) is 2. The van der Waals surface area contributed by atoms with E-state index in [1.54, 1.807) is 0 Å². The average molecular weight is 422 g/mol. The minimum absolute atomic E-state index is 0. The number of rotatable bonds is 7. The molecule has 18 heavy (non-hydrogen) atoms. The van der Waals surface area contributed by atoms with Gasteiger partial charge in [-0.25, -0.2) is 0 Å². The van der Waals surface area contributed by atoms with Crippen LogP contribution in [0.3, 0.4) is 0 Å². The van der Waals surface area contributed by atoms with Crippen LogP contribution >= 0.6 is 17.0 Å². The van der Waals surface area contributed by atoms with Crippen LogP contribution in [0.5, 0.6) is 0 Å². The molecule has 4 heteroatoms. The molecule has 1 radical (unpaired) electrons. The zero-order chi connectivity index (χ0) is 12.7. The summed E-state index contributed by atoms with van der Waals surface area (Å²) in [5.41, 5.74) is 7.33. The summed E-state index contributed by atoms with van der Waals surface area (Å²) in [4.78, 5) is 0. The fraction of sp³-hybridized carbons (Fsp3) is 0.571. The Morgan fingerprint density at radius 3 is 2.50 bits per heavy atom. The van der Waals surface area contributed by atoms with Crippen molar-refractivity contribution >= 4 is 40.7 Å². The third kappa shape index (κ3) is 5.59. The molecule has 0 aromatic heterocycles. The van der Waals surface area contributed by atoms with Crippen molar-refractivity contribution in [3.63, 3.8) is 0 Å². The molecule has 0 fully saturated rings. The van der Waals surface area contributed by atoms with Gasteiger partial charge in [0, 0.05) is 0 Å². The van der Waals surface area contributed by atoms with Crippen LogP contribution in [-0.4, -0.2) is 26.8 Å². The molecule has 0 spiro atoms. The molecule has 0 aliphatic carbocycles. The van der Waals surface area contributed by atoms with Crippen molar-refractivity contribution in [2.24, 2.45) is 5.73 Å². The second-order valence-corrected chi connectivity index (χ2v) is 11.1. The Balaban J connectivity index is 0.00000289. The van der Waals surface area contributed by atoms with Crippen LogP contribution in [0.15, 0.2) is 24.3 Å². The van der Waals surface area contributed by atoms with Crippen LogP contribution in [0.4, 0.5) is 0 Å². The fourth-order valence-corrected chi connectivity index (χ4v) is 7.70. The van der Waals surface area contributed by atoms with Crippen LogP contribution in [0.2, 0.25) is 4.44 Å². The third-order valence-corrected chi connectivity index (χ3v) is 9.27. The van der Waals surface area contributed by atoms with E-state index in [1.165, 1.54) is 26.4 Å². The zero-order valence-electron chi connectivity index (χ0n) is 11.6. The van der Waals surface area contributed by atoms with Crippen LogP contribution in [0.25, 0.3) is 0 Å². The van der Waals surface area contributed by atoms with Crippen molar-refractivity contribution in [3.05, 3.63) is 29.8 Å². The first kappa shape index (κ1) is 18.4. The second kappa shape index (κ2) is 10.2. The van der Waals surface area contributed by atoms with Crippen molar-refractivity contribution in [2.75, 3.05) is 6.61 Å². The first-order valence-electron chi connectivity index (χ1n) is 6.54. The predicted octanol–water partition coefficient (Wildman–Crippen LogP) is 3.32. The fourth-order valence-electron chi connectivity index (χ4n) is 1.86. The molecule has 1 aromatic carbocycles. The maximum absolute atomic E-state index is 6.15. The molecule has 2 nitrogen and oxygen atoms in total. The second-order valence-electron chi connectivity index (χ2n) is 4.35. The van der Waals surface area contributed by atoms with E-state index in [0.29, 0.717) is 0 Å². The molecule has 0 aliphatic heterocycles. The van der Waals surface area contributed by atoms with Gasteiger partial charge in [0.25, 0.3) is 0 Å². The van der Waals surface area contributed by atoms with Crippen LogP contribution < -0.4 is 9.31 Å². The van der Waals surface area contributed by atoms with E-state index in [-0.39, 0.29) is 23.0 Å². The molecule has 0 aliphatic rings. The van der Waals surface area contributed by atoms with Crippen molar-refractivity contribution in [1.29, 1.82) is 0 Å². The van der Waals surface area contributed by atoms with Gasteiger partial charge in [-0.15, -0.1) is 17.0 Å². The Bertz CT molecular complexity index is 333. The standard InChI is InChI=1S/C8H10N.C4H9O.C2H5.BrH.Sn/c1-7(9)8-5-3-2-4-6-8;1-2-3-4-5;1-2;;/h2-5,7H,9H2,1H3;2-4H2,1H3;1H2,2H3;1H;/q;-1;;;+1. The van der Waals surface area contributed by atoms with Gasteiger partial charge in [-0.3, -0.25) is 0 Å². The van der Waals surface area contributed by atoms with E-state index < -0.39 is 20.2 Å². The molecule has 0 heterocycles. The summed E-state index contributed by atoms with van der Waals surface area (Å²) >= 11 is -1.89. The van der Waals surface area contributed by atoms with Crippen molar-refractivity contribution in [3.8, 4) is 0 Å². The zero-order valence-corrected chi connectivity index (χ0v) is 16.2. The molecule has 2 N–H and O–H groups in total. The normalized spacial score (nSPS) is 12.3. The number of unbranched alkanes of at least 4 members (excludes halogenated alkanes) is 1. The van der Waals surface area contributed by atoms with Crippen molar-refractivity contribution in [1.82, 2.24) is 0 Å². The molecule has 103 valence electrons. The summed E-state index contributed by atoms with van der Waals surface area (Å²) < 4.78 is 8.79. The molecule has 1 atom stereocenters. The molecule has 0 bridgehead atoms. The Morgan fingerprint density at radius 1 is 1.28 bits per heavy atom. The summed E-state index contributed by atoms with van der Waals surface area (Å²) in [7, 11) is 0. The van der Waals surface area contributed by atoms with Crippen molar-refractivity contribution < 1.29 is 3.07 Å². The van der Waals surface area contributed by atoms with Gasteiger partial charge < -0.3 is 0 Å². The molecule has 1 rings (SSSR count). The molecule has 1 aromatic rings. The SMILES string of the molecule is Br.CCCC[O][Sn]([CH2]C)[c]1ccccc1C(C)N. The topological polar surface area (TPSA) is 35.2 Å². The van der Waals surface area contributed by atoms with E-state index in [4.69, 9.17) is 8.81 Å². The summed E-state index contributed by atoms with van der Waals surface area (Å²) in [5.74, 6) is 0. The van der Waals surface area contributed by atoms with Gasteiger partial charge in [0.2, 0.25) is 0 Å². The quantitative estimate of drug-likeness (QED) is 0.541. The maximum atomic E-state index is 6.15. The van der Waals surface area contributed by atoms with Crippen LogP contribution in [0, 0.1) is 0 Å². The Labute approximate surface area is 129 Å². The molecule has 0 saturated carbocycles. The number of halogens is 1. The monoisotopic (exact) mass is 422 g/mol. The van der Waals surface area contributed by atoms with Gasteiger partial charge in [-0.1, -0.05) is 0 Å². The van der Waals surface area contributed by atoms with E-state index >= 15 is 0 Å².